The molecule has 8 nitrogen and oxygen atoms in total. The van der Waals surface area contributed by atoms with Crippen LogP contribution in [0, 0.1) is 24.0 Å². The van der Waals surface area contributed by atoms with Gasteiger partial charge in [0.05, 0.1) is 16.5 Å². The first-order valence-corrected chi connectivity index (χ1v) is 8.50. The number of anilines is 1. The standard InChI is InChI=1S/C19H19N3O5/c1-12-5-6-13(2)15(10-12)20-18(23)4-3-9-21-16-8-7-14(22(25)26)11-17(16)27-19(21)24/h5-8,10-11H,3-4,9H2,1-2H3,(H,20,23). The van der Waals surface area contributed by atoms with E-state index in [1.54, 1.807) is 0 Å². The highest BCUT2D eigenvalue weighted by Crippen LogP contribution is 2.20. The smallest absolute Gasteiger partial charge is 0.407 e. The molecule has 0 aliphatic heterocycles. The predicted octanol–water partition coefficient (Wildman–Crippen LogP) is 3.54. The summed E-state index contributed by atoms with van der Waals surface area (Å²) in [5, 5.41) is 13.7. The Hall–Kier alpha value is -3.42. The highest BCUT2D eigenvalue weighted by molar-refractivity contribution is 5.91. The number of aryl methyl sites for hydroxylation is 3. The molecule has 27 heavy (non-hydrogen) atoms. The first kappa shape index (κ1) is 18.4. The van der Waals surface area contributed by atoms with Crippen LogP contribution in [0.15, 0.2) is 45.6 Å². The normalized spacial score (nSPS) is 10.9. The number of rotatable bonds is 6. The van der Waals surface area contributed by atoms with Crippen LogP contribution in [-0.2, 0) is 11.3 Å². The molecular formula is C19H19N3O5. The number of fused-ring (bicyclic) bond motifs is 1. The molecule has 1 amide bonds. The van der Waals surface area contributed by atoms with Crippen LogP contribution in [0.4, 0.5) is 11.4 Å². The summed E-state index contributed by atoms with van der Waals surface area (Å²) in [6.07, 6.45) is 0.668. The van der Waals surface area contributed by atoms with Gasteiger partial charge in [-0.1, -0.05) is 12.1 Å². The molecule has 0 spiro atoms. The van der Waals surface area contributed by atoms with Gasteiger partial charge >= 0.3 is 5.76 Å². The predicted molar refractivity (Wildman–Crippen MR) is 101 cm³/mol. The first-order chi connectivity index (χ1) is 12.8. The highest BCUT2D eigenvalue weighted by atomic mass is 16.6. The summed E-state index contributed by atoms with van der Waals surface area (Å²) in [6, 6.07) is 9.86. The maximum absolute atomic E-state index is 12.2. The van der Waals surface area contributed by atoms with Crippen LogP contribution in [0.5, 0.6) is 0 Å². The van der Waals surface area contributed by atoms with Gasteiger partial charge in [-0.2, -0.15) is 0 Å². The zero-order valence-corrected chi connectivity index (χ0v) is 15.0. The second-order valence-electron chi connectivity index (χ2n) is 6.40. The Morgan fingerprint density at radius 3 is 2.74 bits per heavy atom. The lowest BCUT2D eigenvalue weighted by Crippen LogP contribution is -2.17. The second kappa shape index (κ2) is 7.45. The van der Waals surface area contributed by atoms with E-state index in [-0.39, 0.29) is 30.1 Å². The number of oxazole rings is 1. The summed E-state index contributed by atoms with van der Waals surface area (Å²) >= 11 is 0. The molecule has 0 aliphatic rings. The Kier molecular flexibility index (Phi) is 5.07. The van der Waals surface area contributed by atoms with E-state index in [1.165, 1.54) is 22.8 Å². The van der Waals surface area contributed by atoms with Crippen molar-refractivity contribution < 1.29 is 14.1 Å². The van der Waals surface area contributed by atoms with E-state index in [4.69, 9.17) is 4.42 Å². The lowest BCUT2D eigenvalue weighted by atomic mass is 10.1. The van der Waals surface area contributed by atoms with Crippen molar-refractivity contribution in [3.05, 3.63) is 68.2 Å². The molecule has 1 aromatic heterocycles. The van der Waals surface area contributed by atoms with Gasteiger partial charge in [0.2, 0.25) is 5.91 Å². The van der Waals surface area contributed by atoms with E-state index < -0.39 is 10.7 Å². The van der Waals surface area contributed by atoms with Crippen LogP contribution >= 0.6 is 0 Å². The number of aromatic nitrogens is 1. The lowest BCUT2D eigenvalue weighted by Gasteiger charge is -2.09. The Balaban J connectivity index is 1.66. The van der Waals surface area contributed by atoms with Gasteiger partial charge in [0, 0.05) is 24.7 Å². The molecule has 3 aromatic rings. The summed E-state index contributed by atoms with van der Waals surface area (Å²) < 4.78 is 6.45. The van der Waals surface area contributed by atoms with Crippen molar-refractivity contribution in [3.8, 4) is 0 Å². The van der Waals surface area contributed by atoms with Crippen LogP contribution in [-0.4, -0.2) is 15.4 Å². The largest absolute Gasteiger partial charge is 0.419 e. The Morgan fingerprint density at radius 2 is 2.00 bits per heavy atom. The molecule has 0 fully saturated rings. The molecule has 140 valence electrons. The Bertz CT molecular complexity index is 1080. The Labute approximate surface area is 154 Å². The molecular weight excluding hydrogens is 350 g/mol. The van der Waals surface area contributed by atoms with Crippen molar-refractivity contribution in [2.45, 2.75) is 33.2 Å². The van der Waals surface area contributed by atoms with E-state index in [9.17, 15) is 19.7 Å². The molecule has 2 aromatic carbocycles. The zero-order chi connectivity index (χ0) is 19.6. The van der Waals surface area contributed by atoms with Crippen molar-refractivity contribution in [2.75, 3.05) is 5.32 Å². The maximum Gasteiger partial charge on any atom is 0.419 e. The van der Waals surface area contributed by atoms with Crippen molar-refractivity contribution in [1.29, 1.82) is 0 Å². The minimum atomic E-state index is -0.597. The van der Waals surface area contributed by atoms with Gasteiger partial charge < -0.3 is 9.73 Å². The topological polar surface area (TPSA) is 107 Å². The number of carbonyl (C=O) groups is 1. The number of nitrogens with zero attached hydrogens (tertiary/aromatic N) is 2. The van der Waals surface area contributed by atoms with Gasteiger partial charge in [-0.25, -0.2) is 4.79 Å². The van der Waals surface area contributed by atoms with Gasteiger partial charge in [-0.3, -0.25) is 19.5 Å². The Morgan fingerprint density at radius 1 is 1.22 bits per heavy atom. The second-order valence-corrected chi connectivity index (χ2v) is 6.40. The summed E-state index contributed by atoms with van der Waals surface area (Å²) in [7, 11) is 0. The molecule has 0 saturated heterocycles. The quantitative estimate of drug-likeness (QED) is 0.528. The number of benzene rings is 2. The lowest BCUT2D eigenvalue weighted by molar-refractivity contribution is -0.384. The number of carbonyl (C=O) groups excluding carboxylic acids is 1. The van der Waals surface area contributed by atoms with E-state index in [2.05, 4.69) is 5.32 Å². The zero-order valence-electron chi connectivity index (χ0n) is 15.0. The summed E-state index contributed by atoms with van der Waals surface area (Å²) in [6.45, 7) is 4.16. The van der Waals surface area contributed by atoms with Gasteiger partial charge in [0.15, 0.2) is 5.58 Å². The molecule has 0 aliphatic carbocycles. The van der Waals surface area contributed by atoms with Crippen molar-refractivity contribution >= 4 is 28.4 Å². The number of nitrogens with one attached hydrogen (secondary N) is 1. The van der Waals surface area contributed by atoms with E-state index >= 15 is 0 Å². The van der Waals surface area contributed by atoms with Crippen LogP contribution in [0.2, 0.25) is 0 Å². The molecule has 8 heteroatoms. The third-order valence-corrected chi connectivity index (χ3v) is 4.32. The van der Waals surface area contributed by atoms with Crippen molar-refractivity contribution in [2.24, 2.45) is 0 Å². The fourth-order valence-corrected chi connectivity index (χ4v) is 2.86. The van der Waals surface area contributed by atoms with Crippen LogP contribution in [0.25, 0.3) is 11.1 Å². The molecule has 3 rings (SSSR count). The van der Waals surface area contributed by atoms with Crippen LogP contribution in [0.1, 0.15) is 24.0 Å². The van der Waals surface area contributed by atoms with Gasteiger partial charge in [-0.05, 0) is 43.5 Å². The molecule has 0 atom stereocenters. The highest BCUT2D eigenvalue weighted by Gasteiger charge is 2.14. The van der Waals surface area contributed by atoms with Gasteiger partial charge in [0.1, 0.15) is 0 Å². The number of hydrogen-bond acceptors (Lipinski definition) is 5. The van der Waals surface area contributed by atoms with E-state index in [0.29, 0.717) is 11.9 Å². The minimum absolute atomic E-state index is 0.139. The average Bonchev–Trinajstić information content (AvgIpc) is 2.93. The first-order valence-electron chi connectivity index (χ1n) is 8.50. The third kappa shape index (κ3) is 4.05. The molecule has 0 bridgehead atoms. The van der Waals surface area contributed by atoms with E-state index in [0.717, 1.165) is 16.8 Å². The monoisotopic (exact) mass is 369 g/mol. The molecule has 0 radical (unpaired) electrons. The van der Waals surface area contributed by atoms with Crippen molar-refractivity contribution in [3.63, 3.8) is 0 Å². The number of non-ortho nitro benzene ring substituents is 1. The summed E-state index contributed by atoms with van der Waals surface area (Å²) in [5.41, 5.74) is 3.30. The molecule has 0 saturated carbocycles. The number of hydrogen-bond donors (Lipinski definition) is 1. The minimum Gasteiger partial charge on any atom is -0.407 e. The van der Waals surface area contributed by atoms with Crippen molar-refractivity contribution in [1.82, 2.24) is 4.57 Å². The van der Waals surface area contributed by atoms with E-state index in [1.807, 2.05) is 32.0 Å². The molecule has 0 unspecified atom stereocenters. The van der Waals surface area contributed by atoms with Crippen LogP contribution in [0.3, 0.4) is 0 Å². The average molecular weight is 369 g/mol. The van der Waals surface area contributed by atoms with Gasteiger partial charge in [-0.15, -0.1) is 0 Å². The van der Waals surface area contributed by atoms with Crippen LogP contribution < -0.4 is 11.1 Å². The van der Waals surface area contributed by atoms with Gasteiger partial charge in [0.25, 0.3) is 5.69 Å². The third-order valence-electron chi connectivity index (χ3n) is 4.32. The number of amides is 1. The fraction of sp³-hybridized carbons (Fsp3) is 0.263. The molecule has 1 N–H and O–H groups in total. The SMILES string of the molecule is Cc1ccc(C)c(NC(=O)CCCn2c(=O)oc3cc([N+](=O)[O-])ccc32)c1. The number of nitro benzene ring substituents is 1. The summed E-state index contributed by atoms with van der Waals surface area (Å²) in [4.78, 5) is 34.4. The maximum atomic E-state index is 12.2. The number of nitro groups is 1. The molecule has 1 heterocycles. The fourth-order valence-electron chi connectivity index (χ4n) is 2.86. The summed E-state index contributed by atoms with van der Waals surface area (Å²) in [5.74, 6) is -0.736.